The Morgan fingerprint density at radius 1 is 0.923 bits per heavy atom. The summed E-state index contributed by atoms with van der Waals surface area (Å²) in [5, 5.41) is 2.78. The van der Waals surface area contributed by atoms with Gasteiger partial charge in [0.2, 0.25) is 11.8 Å². The molecule has 2 amide bonds. The van der Waals surface area contributed by atoms with Crippen LogP contribution in [-0.4, -0.2) is 35.6 Å². The van der Waals surface area contributed by atoms with Crippen LogP contribution in [0.5, 0.6) is 0 Å². The quantitative estimate of drug-likeness (QED) is 0.741. The summed E-state index contributed by atoms with van der Waals surface area (Å²) in [5.41, 5.74) is 2.29. The van der Waals surface area contributed by atoms with Crippen molar-refractivity contribution in [2.45, 2.75) is 26.7 Å². The van der Waals surface area contributed by atoms with Gasteiger partial charge >= 0.3 is 0 Å². The third-order valence-corrected chi connectivity index (χ3v) is 4.12. The van der Waals surface area contributed by atoms with Gasteiger partial charge in [-0.3, -0.25) is 14.4 Å². The molecule has 0 saturated carbocycles. The average molecular weight is 352 g/mol. The van der Waals surface area contributed by atoms with Gasteiger partial charge in [-0.25, -0.2) is 0 Å². The molecule has 0 heterocycles. The van der Waals surface area contributed by atoms with E-state index in [-0.39, 0.29) is 24.0 Å². The number of anilines is 1. The second-order valence-corrected chi connectivity index (χ2v) is 6.18. The van der Waals surface area contributed by atoms with E-state index >= 15 is 0 Å². The Balaban J connectivity index is 1.86. The maximum Gasteiger partial charge on any atom is 0.226 e. The van der Waals surface area contributed by atoms with Gasteiger partial charge in [-0.05, 0) is 31.0 Å². The minimum atomic E-state index is -0.184. The summed E-state index contributed by atoms with van der Waals surface area (Å²) in [7, 11) is 0. The molecule has 0 fully saturated rings. The van der Waals surface area contributed by atoms with Crippen molar-refractivity contribution in [1.82, 2.24) is 4.90 Å². The van der Waals surface area contributed by atoms with E-state index in [4.69, 9.17) is 0 Å². The topological polar surface area (TPSA) is 66.5 Å². The normalized spacial score (nSPS) is 10.2. The molecule has 2 aromatic carbocycles. The Hall–Kier alpha value is -2.95. The molecule has 0 aliphatic rings. The zero-order valence-corrected chi connectivity index (χ0v) is 15.2. The molecular weight excluding hydrogens is 328 g/mol. The number of benzene rings is 2. The number of hydrogen-bond donors (Lipinski definition) is 1. The molecule has 0 aliphatic heterocycles. The van der Waals surface area contributed by atoms with Crippen molar-refractivity contribution >= 4 is 23.3 Å². The second-order valence-electron chi connectivity index (χ2n) is 6.18. The van der Waals surface area contributed by atoms with Crippen molar-refractivity contribution in [3.05, 3.63) is 65.7 Å². The zero-order valence-electron chi connectivity index (χ0n) is 15.2. The number of nitrogens with one attached hydrogen (secondary N) is 1. The molecule has 0 saturated heterocycles. The molecular formula is C21H24N2O3. The second kappa shape index (κ2) is 9.51. The number of hydrogen-bond acceptors (Lipinski definition) is 3. The van der Waals surface area contributed by atoms with E-state index in [2.05, 4.69) is 5.32 Å². The summed E-state index contributed by atoms with van der Waals surface area (Å²) < 4.78 is 0. The number of carbonyl (C=O) groups excluding carboxylic acids is 3. The fourth-order valence-corrected chi connectivity index (χ4v) is 2.61. The lowest BCUT2D eigenvalue weighted by Gasteiger charge is -2.21. The number of ketones is 1. The highest BCUT2D eigenvalue weighted by atomic mass is 16.2. The van der Waals surface area contributed by atoms with Crippen molar-refractivity contribution in [3.63, 3.8) is 0 Å². The van der Waals surface area contributed by atoms with E-state index < -0.39 is 0 Å². The first-order chi connectivity index (χ1) is 12.5. The first-order valence-corrected chi connectivity index (χ1v) is 8.66. The minimum absolute atomic E-state index is 0.0488. The SMILES string of the molecule is CC(=O)c1cccc(NC(=O)CCN(CCc2ccccc2)C(C)=O)c1. The van der Waals surface area contributed by atoms with Gasteiger partial charge < -0.3 is 10.2 Å². The highest BCUT2D eigenvalue weighted by Crippen LogP contribution is 2.12. The van der Waals surface area contributed by atoms with Gasteiger partial charge in [0.1, 0.15) is 0 Å². The Morgan fingerprint density at radius 3 is 2.31 bits per heavy atom. The Bertz CT molecular complexity index is 772. The molecule has 5 nitrogen and oxygen atoms in total. The number of carbonyl (C=O) groups is 3. The van der Waals surface area contributed by atoms with Crippen LogP contribution in [-0.2, 0) is 16.0 Å². The molecule has 0 radical (unpaired) electrons. The van der Waals surface area contributed by atoms with Crippen LogP contribution in [0.2, 0.25) is 0 Å². The molecule has 0 atom stereocenters. The van der Waals surface area contributed by atoms with Crippen molar-refractivity contribution in [3.8, 4) is 0 Å². The van der Waals surface area contributed by atoms with Crippen LogP contribution in [0.1, 0.15) is 36.2 Å². The monoisotopic (exact) mass is 352 g/mol. The molecule has 2 aromatic rings. The van der Waals surface area contributed by atoms with Gasteiger partial charge in [-0.15, -0.1) is 0 Å². The Labute approximate surface area is 154 Å². The third kappa shape index (κ3) is 6.16. The average Bonchev–Trinajstić information content (AvgIpc) is 2.62. The zero-order chi connectivity index (χ0) is 18.9. The molecule has 1 N–H and O–H groups in total. The van der Waals surface area contributed by atoms with Crippen LogP contribution in [0.3, 0.4) is 0 Å². The van der Waals surface area contributed by atoms with Crippen LogP contribution >= 0.6 is 0 Å². The lowest BCUT2D eigenvalue weighted by molar-refractivity contribution is -0.129. The van der Waals surface area contributed by atoms with Crippen LogP contribution in [0.15, 0.2) is 54.6 Å². The maximum absolute atomic E-state index is 12.2. The van der Waals surface area contributed by atoms with Gasteiger partial charge in [0.15, 0.2) is 5.78 Å². The summed E-state index contributed by atoms with van der Waals surface area (Å²) in [4.78, 5) is 37.1. The number of nitrogens with zero attached hydrogens (tertiary/aromatic N) is 1. The summed E-state index contributed by atoms with van der Waals surface area (Å²) >= 11 is 0. The van der Waals surface area contributed by atoms with Gasteiger partial charge in [0.25, 0.3) is 0 Å². The highest BCUT2D eigenvalue weighted by Gasteiger charge is 2.12. The number of rotatable bonds is 8. The van der Waals surface area contributed by atoms with Gasteiger partial charge in [0, 0.05) is 37.7 Å². The molecule has 5 heteroatoms. The highest BCUT2D eigenvalue weighted by molar-refractivity contribution is 5.97. The Morgan fingerprint density at radius 2 is 1.65 bits per heavy atom. The van der Waals surface area contributed by atoms with Gasteiger partial charge in [0.05, 0.1) is 0 Å². The maximum atomic E-state index is 12.2. The van der Waals surface area contributed by atoms with Crippen molar-refractivity contribution in [2.24, 2.45) is 0 Å². The van der Waals surface area contributed by atoms with E-state index in [0.717, 1.165) is 12.0 Å². The summed E-state index contributed by atoms with van der Waals surface area (Å²) in [6.45, 7) is 3.94. The largest absolute Gasteiger partial charge is 0.342 e. The van der Waals surface area contributed by atoms with Crippen LogP contribution < -0.4 is 5.32 Å². The van der Waals surface area contributed by atoms with Crippen LogP contribution in [0, 0.1) is 0 Å². The van der Waals surface area contributed by atoms with E-state index in [1.165, 1.54) is 13.8 Å². The van der Waals surface area contributed by atoms with E-state index in [9.17, 15) is 14.4 Å². The van der Waals surface area contributed by atoms with E-state index in [0.29, 0.717) is 24.3 Å². The lowest BCUT2D eigenvalue weighted by Crippen LogP contribution is -2.33. The predicted molar refractivity (Wildman–Crippen MR) is 102 cm³/mol. The fourth-order valence-electron chi connectivity index (χ4n) is 2.61. The first kappa shape index (κ1) is 19.4. The smallest absolute Gasteiger partial charge is 0.226 e. The molecule has 0 unspecified atom stereocenters. The van der Waals surface area contributed by atoms with Gasteiger partial charge in [-0.1, -0.05) is 42.5 Å². The summed E-state index contributed by atoms with van der Waals surface area (Å²) in [6, 6.07) is 16.8. The van der Waals surface area contributed by atoms with E-state index in [1.54, 1.807) is 29.2 Å². The molecule has 0 aliphatic carbocycles. The molecule has 0 aromatic heterocycles. The van der Waals surface area contributed by atoms with E-state index in [1.807, 2.05) is 30.3 Å². The minimum Gasteiger partial charge on any atom is -0.342 e. The summed E-state index contributed by atoms with van der Waals surface area (Å²) in [6.07, 6.45) is 0.960. The lowest BCUT2D eigenvalue weighted by atomic mass is 10.1. The van der Waals surface area contributed by atoms with Crippen LogP contribution in [0.25, 0.3) is 0 Å². The van der Waals surface area contributed by atoms with Crippen molar-refractivity contribution in [2.75, 3.05) is 18.4 Å². The fraction of sp³-hybridized carbons (Fsp3) is 0.286. The third-order valence-electron chi connectivity index (χ3n) is 4.12. The molecule has 26 heavy (non-hydrogen) atoms. The van der Waals surface area contributed by atoms with Gasteiger partial charge in [-0.2, -0.15) is 0 Å². The molecule has 2 rings (SSSR count). The molecule has 0 bridgehead atoms. The van der Waals surface area contributed by atoms with Crippen molar-refractivity contribution < 1.29 is 14.4 Å². The van der Waals surface area contributed by atoms with Crippen LogP contribution in [0.4, 0.5) is 5.69 Å². The Kier molecular flexibility index (Phi) is 7.09. The van der Waals surface area contributed by atoms with Crippen molar-refractivity contribution in [1.29, 1.82) is 0 Å². The number of Topliss-reactive ketones (excluding diaryl/α,β-unsaturated/α-hetero) is 1. The standard InChI is InChI=1S/C21H24N2O3/c1-16(24)19-9-6-10-20(15-19)22-21(26)12-14-23(17(2)25)13-11-18-7-4-3-5-8-18/h3-10,15H,11-14H2,1-2H3,(H,22,26). The summed E-state index contributed by atoms with van der Waals surface area (Å²) in [5.74, 6) is -0.284. The molecule has 136 valence electrons. The first-order valence-electron chi connectivity index (χ1n) is 8.66. The molecule has 0 spiro atoms. The number of amides is 2. The predicted octanol–water partition coefficient (Wildman–Crippen LogP) is 3.31.